The fourth-order valence-corrected chi connectivity index (χ4v) is 1.03. The number of aromatic nitrogens is 2. The third-order valence-electron chi connectivity index (χ3n) is 1.75. The summed E-state index contributed by atoms with van der Waals surface area (Å²) in [6, 6.07) is 0. The number of aromatic amines is 1. The molecule has 0 atom stereocenters. The maximum absolute atomic E-state index is 11.5. The van der Waals surface area contributed by atoms with Crippen LogP contribution in [0.2, 0.25) is 0 Å². The molecule has 1 aromatic heterocycles. The van der Waals surface area contributed by atoms with Crippen LogP contribution in [0.15, 0.2) is 6.20 Å². The monoisotopic (exact) mass is 212 g/mol. The van der Waals surface area contributed by atoms with Gasteiger partial charge in [0.2, 0.25) is 0 Å². The molecule has 0 saturated heterocycles. The van der Waals surface area contributed by atoms with E-state index in [0.29, 0.717) is 18.7 Å². The van der Waals surface area contributed by atoms with Gasteiger partial charge >= 0.3 is 0 Å². The number of nitrogens with zero attached hydrogens (tertiary/aromatic N) is 1. The first-order valence-corrected chi connectivity index (χ1v) is 4.80. The van der Waals surface area contributed by atoms with Crippen LogP contribution >= 0.6 is 0 Å². The van der Waals surface area contributed by atoms with Gasteiger partial charge < -0.3 is 15.8 Å². The molecular weight excluding hydrogens is 196 g/mol. The zero-order chi connectivity index (χ0) is 11.3. The number of carbonyl (C=O) groups excluding carboxylic acids is 1. The number of nitrogens with one attached hydrogen (secondary N) is 2. The van der Waals surface area contributed by atoms with Crippen molar-refractivity contribution < 1.29 is 9.53 Å². The molecule has 0 aliphatic rings. The van der Waals surface area contributed by atoms with E-state index >= 15 is 0 Å². The predicted octanol–water partition coefficient (Wildman–Crippen LogP) is 0.147. The first kappa shape index (κ1) is 11.5. The highest BCUT2D eigenvalue weighted by Gasteiger charge is 2.10. The Labute approximate surface area is 88.2 Å². The molecule has 0 aliphatic carbocycles. The van der Waals surface area contributed by atoms with Crippen LogP contribution in [-0.2, 0) is 4.74 Å². The van der Waals surface area contributed by atoms with E-state index in [1.807, 2.05) is 13.8 Å². The van der Waals surface area contributed by atoms with Crippen molar-refractivity contribution in [3.63, 3.8) is 0 Å². The van der Waals surface area contributed by atoms with Crippen LogP contribution in [0.3, 0.4) is 0 Å². The second-order valence-corrected chi connectivity index (χ2v) is 3.37. The number of carbonyl (C=O) groups is 1. The van der Waals surface area contributed by atoms with Crippen LogP contribution in [0.5, 0.6) is 0 Å². The minimum absolute atomic E-state index is 0.167. The summed E-state index contributed by atoms with van der Waals surface area (Å²) in [7, 11) is 0. The van der Waals surface area contributed by atoms with Gasteiger partial charge in [-0.3, -0.25) is 9.89 Å². The molecule has 6 nitrogen and oxygen atoms in total. The quantitative estimate of drug-likeness (QED) is 0.605. The number of rotatable bonds is 5. The molecule has 1 aromatic rings. The summed E-state index contributed by atoms with van der Waals surface area (Å²) in [4.78, 5) is 11.5. The summed E-state index contributed by atoms with van der Waals surface area (Å²) in [6.07, 6.45) is 1.56. The molecule has 0 aliphatic heterocycles. The van der Waals surface area contributed by atoms with Gasteiger partial charge in [-0.25, -0.2) is 0 Å². The van der Waals surface area contributed by atoms with Crippen molar-refractivity contribution in [3.8, 4) is 0 Å². The Morgan fingerprint density at radius 1 is 1.73 bits per heavy atom. The van der Waals surface area contributed by atoms with Gasteiger partial charge in [-0.15, -0.1) is 0 Å². The third kappa shape index (κ3) is 3.59. The first-order chi connectivity index (χ1) is 7.11. The van der Waals surface area contributed by atoms with Crippen LogP contribution in [0.4, 0.5) is 5.82 Å². The van der Waals surface area contributed by atoms with E-state index in [1.54, 1.807) is 0 Å². The number of amides is 1. The second-order valence-electron chi connectivity index (χ2n) is 3.37. The van der Waals surface area contributed by atoms with Crippen LogP contribution in [0.25, 0.3) is 0 Å². The predicted molar refractivity (Wildman–Crippen MR) is 56.4 cm³/mol. The molecule has 1 amide bonds. The molecule has 0 saturated carbocycles. The zero-order valence-corrected chi connectivity index (χ0v) is 8.91. The van der Waals surface area contributed by atoms with Crippen molar-refractivity contribution in [3.05, 3.63) is 11.8 Å². The van der Waals surface area contributed by atoms with E-state index in [4.69, 9.17) is 10.5 Å². The second kappa shape index (κ2) is 5.35. The van der Waals surface area contributed by atoms with Crippen LogP contribution < -0.4 is 11.1 Å². The largest absolute Gasteiger partial charge is 0.383 e. The molecule has 1 rings (SSSR count). The molecule has 0 spiro atoms. The number of anilines is 1. The standard InChI is InChI=1S/C9H16N4O2/c1-6(2)15-4-3-11-9(14)7-5-12-13-8(7)10/h5-6H,3-4H2,1-2H3,(H,11,14)(H3,10,12,13). The molecule has 0 aromatic carbocycles. The average Bonchev–Trinajstić information content (AvgIpc) is 2.58. The summed E-state index contributed by atoms with van der Waals surface area (Å²) in [6.45, 7) is 4.83. The minimum atomic E-state index is -0.242. The summed E-state index contributed by atoms with van der Waals surface area (Å²) >= 11 is 0. The molecule has 0 unspecified atom stereocenters. The molecular formula is C9H16N4O2. The summed E-state index contributed by atoms with van der Waals surface area (Å²) in [5.74, 6) is 0.0332. The molecule has 4 N–H and O–H groups in total. The van der Waals surface area contributed by atoms with E-state index in [9.17, 15) is 4.79 Å². The molecule has 0 bridgehead atoms. The van der Waals surface area contributed by atoms with Crippen molar-refractivity contribution >= 4 is 11.7 Å². The molecule has 1 heterocycles. The van der Waals surface area contributed by atoms with E-state index in [2.05, 4.69) is 15.5 Å². The Hall–Kier alpha value is -1.56. The number of hydrogen-bond donors (Lipinski definition) is 3. The van der Waals surface area contributed by atoms with Crippen LogP contribution in [0, 0.1) is 0 Å². The topological polar surface area (TPSA) is 93.0 Å². The number of nitrogen functional groups attached to an aromatic ring is 1. The molecule has 15 heavy (non-hydrogen) atoms. The van der Waals surface area contributed by atoms with Gasteiger partial charge in [0.05, 0.1) is 18.9 Å². The molecule has 84 valence electrons. The number of hydrogen-bond acceptors (Lipinski definition) is 4. The van der Waals surface area contributed by atoms with Crippen molar-refractivity contribution in [2.75, 3.05) is 18.9 Å². The van der Waals surface area contributed by atoms with E-state index < -0.39 is 0 Å². The minimum Gasteiger partial charge on any atom is -0.383 e. The number of H-pyrrole nitrogens is 1. The van der Waals surface area contributed by atoms with Gasteiger partial charge in [0.1, 0.15) is 11.4 Å². The Bertz CT molecular complexity index is 322. The number of ether oxygens (including phenoxy) is 1. The molecule has 0 radical (unpaired) electrons. The lowest BCUT2D eigenvalue weighted by Crippen LogP contribution is -2.28. The fraction of sp³-hybridized carbons (Fsp3) is 0.556. The Morgan fingerprint density at radius 2 is 2.47 bits per heavy atom. The molecule has 6 heteroatoms. The summed E-state index contributed by atoms with van der Waals surface area (Å²) in [5, 5.41) is 8.83. The lowest BCUT2D eigenvalue weighted by molar-refractivity contribution is 0.0747. The summed E-state index contributed by atoms with van der Waals surface area (Å²) in [5.41, 5.74) is 5.84. The van der Waals surface area contributed by atoms with Gasteiger partial charge in [0.25, 0.3) is 5.91 Å². The van der Waals surface area contributed by atoms with Gasteiger partial charge in [0, 0.05) is 6.54 Å². The van der Waals surface area contributed by atoms with E-state index in [1.165, 1.54) is 6.20 Å². The number of nitrogens with two attached hydrogens (primary N) is 1. The van der Waals surface area contributed by atoms with Gasteiger partial charge in [-0.1, -0.05) is 0 Å². The van der Waals surface area contributed by atoms with Crippen molar-refractivity contribution in [1.82, 2.24) is 15.5 Å². The highest BCUT2D eigenvalue weighted by molar-refractivity contribution is 5.97. The maximum Gasteiger partial charge on any atom is 0.256 e. The first-order valence-electron chi connectivity index (χ1n) is 4.80. The fourth-order valence-electron chi connectivity index (χ4n) is 1.03. The normalized spacial score (nSPS) is 10.6. The lowest BCUT2D eigenvalue weighted by atomic mass is 10.3. The summed E-state index contributed by atoms with van der Waals surface area (Å²) < 4.78 is 5.27. The van der Waals surface area contributed by atoms with Crippen molar-refractivity contribution in [2.24, 2.45) is 0 Å². The third-order valence-corrected chi connectivity index (χ3v) is 1.75. The van der Waals surface area contributed by atoms with Crippen molar-refractivity contribution in [1.29, 1.82) is 0 Å². The highest BCUT2D eigenvalue weighted by atomic mass is 16.5. The Kier molecular flexibility index (Phi) is 4.11. The van der Waals surface area contributed by atoms with Crippen LogP contribution in [-0.4, -0.2) is 35.4 Å². The van der Waals surface area contributed by atoms with Gasteiger partial charge in [0.15, 0.2) is 0 Å². The van der Waals surface area contributed by atoms with Gasteiger partial charge in [-0.05, 0) is 13.8 Å². The molecule has 0 fully saturated rings. The van der Waals surface area contributed by atoms with Crippen molar-refractivity contribution in [2.45, 2.75) is 20.0 Å². The maximum atomic E-state index is 11.5. The lowest BCUT2D eigenvalue weighted by Gasteiger charge is -2.08. The average molecular weight is 212 g/mol. The SMILES string of the molecule is CC(C)OCCNC(=O)c1cn[nH]c1N. The highest BCUT2D eigenvalue weighted by Crippen LogP contribution is 2.04. The Morgan fingerprint density at radius 3 is 3.00 bits per heavy atom. The van der Waals surface area contributed by atoms with Crippen LogP contribution in [0.1, 0.15) is 24.2 Å². The zero-order valence-electron chi connectivity index (χ0n) is 8.91. The smallest absolute Gasteiger partial charge is 0.256 e. The van der Waals surface area contributed by atoms with Gasteiger partial charge in [-0.2, -0.15) is 5.10 Å². The Balaban J connectivity index is 2.28. The van der Waals surface area contributed by atoms with E-state index in [0.717, 1.165) is 0 Å². The van der Waals surface area contributed by atoms with E-state index in [-0.39, 0.29) is 17.8 Å².